The predicted molar refractivity (Wildman–Crippen MR) is 174 cm³/mol. The number of nitrogens with one attached hydrogen (secondary N) is 1. The lowest BCUT2D eigenvalue weighted by Crippen LogP contribution is -2.52. The third kappa shape index (κ3) is 5.14. The van der Waals surface area contributed by atoms with E-state index in [0.29, 0.717) is 29.4 Å². The molecule has 0 spiro atoms. The Morgan fingerprint density at radius 1 is 1.17 bits per heavy atom. The van der Waals surface area contributed by atoms with Crippen LogP contribution in [0.5, 0.6) is 11.8 Å². The van der Waals surface area contributed by atoms with Gasteiger partial charge in [-0.3, -0.25) is 4.31 Å². The summed E-state index contributed by atoms with van der Waals surface area (Å²) in [7, 11) is -0.774. The number of ether oxygens (including phenoxy) is 1. The summed E-state index contributed by atoms with van der Waals surface area (Å²) in [5, 5.41) is 14.7. The van der Waals surface area contributed by atoms with E-state index < -0.39 is 34.2 Å². The SMILES string of the molecule is C#Cc1c(F)ccc2cc(O)cc(C3=Cc4nc(OCC5(CN(C)C)CC5)nc(N5CC6CCC(C5)N6)c4S(=O)(=O)N3C3CC3(F)F)c12. The highest BCUT2D eigenvalue weighted by molar-refractivity contribution is 7.89. The van der Waals surface area contributed by atoms with Crippen molar-refractivity contribution in [2.75, 3.05) is 45.2 Å². The third-order valence-corrected chi connectivity index (χ3v) is 11.9. The number of aromatic nitrogens is 2. The molecule has 48 heavy (non-hydrogen) atoms. The number of nitrogens with zero attached hydrogens (tertiary/aromatic N) is 5. The van der Waals surface area contributed by atoms with E-state index in [0.717, 1.165) is 38.3 Å². The van der Waals surface area contributed by atoms with Crippen LogP contribution in [0.15, 0.2) is 29.2 Å². The van der Waals surface area contributed by atoms with Crippen molar-refractivity contribution < 1.29 is 31.4 Å². The van der Waals surface area contributed by atoms with Crippen molar-refractivity contribution >= 4 is 38.4 Å². The maximum absolute atomic E-state index is 15.1. The second-order valence-corrected chi connectivity index (χ2v) is 15.8. The van der Waals surface area contributed by atoms with Crippen LogP contribution in [0.4, 0.5) is 19.0 Å². The van der Waals surface area contributed by atoms with Crippen molar-refractivity contribution in [1.82, 2.24) is 24.5 Å². The largest absolute Gasteiger partial charge is 0.508 e. The van der Waals surface area contributed by atoms with Crippen molar-refractivity contribution in [3.63, 3.8) is 0 Å². The lowest BCUT2D eigenvalue weighted by molar-refractivity contribution is 0.0990. The minimum atomic E-state index is -4.75. The molecule has 1 aromatic heterocycles. The van der Waals surface area contributed by atoms with E-state index in [1.165, 1.54) is 24.3 Å². The Morgan fingerprint density at radius 2 is 1.88 bits per heavy atom. The second-order valence-electron chi connectivity index (χ2n) is 14.1. The Kier molecular flexibility index (Phi) is 6.97. The van der Waals surface area contributed by atoms with Gasteiger partial charge in [-0.05, 0) is 69.4 Å². The standard InChI is InChI=1S/C34H35F3N6O4S/c1-4-23-25(35)8-5-19-11-22(44)12-24(29(19)23)27-13-26-30(48(45,46)43(27)28-14-34(28,36)37)31(42-15-20-6-7-21(16-42)38-20)40-32(39-26)47-18-33(9-10-33)17-41(2)3/h1,5,8,11-13,20-21,28,38,44H,6-7,9-10,14-18H2,2-3H3. The van der Waals surface area contributed by atoms with Crippen molar-refractivity contribution in [3.05, 3.63) is 46.9 Å². The molecule has 10 nitrogen and oxygen atoms in total. The third-order valence-electron chi connectivity index (χ3n) is 10.1. The number of benzene rings is 2. The van der Waals surface area contributed by atoms with Gasteiger partial charge in [0, 0.05) is 54.5 Å². The number of hydrogen-bond donors (Lipinski definition) is 2. The lowest BCUT2D eigenvalue weighted by atomic mass is 9.96. The summed E-state index contributed by atoms with van der Waals surface area (Å²) in [6, 6.07) is 3.60. The highest BCUT2D eigenvalue weighted by Crippen LogP contribution is 2.54. The summed E-state index contributed by atoms with van der Waals surface area (Å²) < 4.78 is 81.5. The molecule has 2 saturated heterocycles. The molecule has 3 aromatic rings. The number of fused-ring (bicyclic) bond motifs is 4. The van der Waals surface area contributed by atoms with Crippen LogP contribution in [0.1, 0.15) is 48.9 Å². The number of phenols is 1. The zero-order valence-electron chi connectivity index (χ0n) is 26.5. The molecule has 5 aliphatic rings. The van der Waals surface area contributed by atoms with Crippen LogP contribution in [-0.4, -0.2) is 97.1 Å². The Morgan fingerprint density at radius 3 is 2.50 bits per heavy atom. The van der Waals surface area contributed by atoms with E-state index in [9.17, 15) is 22.3 Å². The van der Waals surface area contributed by atoms with Crippen LogP contribution in [0.3, 0.4) is 0 Å². The summed E-state index contributed by atoms with van der Waals surface area (Å²) in [4.78, 5) is 12.9. The first-order valence-electron chi connectivity index (χ1n) is 16.1. The van der Waals surface area contributed by atoms with Gasteiger partial charge in [-0.15, -0.1) is 6.42 Å². The van der Waals surface area contributed by atoms with Gasteiger partial charge in [-0.2, -0.15) is 9.97 Å². The van der Waals surface area contributed by atoms with Gasteiger partial charge >= 0.3 is 6.01 Å². The van der Waals surface area contributed by atoms with Gasteiger partial charge in [0.25, 0.3) is 15.9 Å². The van der Waals surface area contributed by atoms with Gasteiger partial charge in [-0.1, -0.05) is 12.0 Å². The first-order valence-corrected chi connectivity index (χ1v) is 17.5. The number of halogens is 3. The summed E-state index contributed by atoms with van der Waals surface area (Å²) in [5.74, 6) is -1.93. The smallest absolute Gasteiger partial charge is 0.319 e. The molecule has 3 unspecified atom stereocenters. The van der Waals surface area contributed by atoms with Crippen LogP contribution in [0.25, 0.3) is 22.5 Å². The van der Waals surface area contributed by atoms with Gasteiger partial charge < -0.3 is 25.0 Å². The highest BCUT2D eigenvalue weighted by Gasteiger charge is 2.65. The van der Waals surface area contributed by atoms with Crippen molar-refractivity contribution in [3.8, 4) is 24.1 Å². The predicted octanol–water partition coefficient (Wildman–Crippen LogP) is 4.03. The average molecular weight is 681 g/mol. The molecule has 3 aliphatic heterocycles. The molecule has 2 bridgehead atoms. The van der Waals surface area contributed by atoms with Crippen LogP contribution in [0, 0.1) is 23.6 Å². The minimum absolute atomic E-state index is 0.0138. The van der Waals surface area contributed by atoms with Gasteiger partial charge in [0.1, 0.15) is 17.6 Å². The Labute approximate surface area is 276 Å². The summed E-state index contributed by atoms with van der Waals surface area (Å²) in [6.07, 6.45) is 10.2. The van der Waals surface area contributed by atoms with Crippen molar-refractivity contribution in [2.45, 2.75) is 61.0 Å². The number of piperazine rings is 1. The topological polar surface area (TPSA) is 111 Å². The first kappa shape index (κ1) is 31.2. The molecular formula is C34H35F3N6O4S. The molecule has 2 aliphatic carbocycles. The van der Waals surface area contributed by atoms with Gasteiger partial charge in [0.2, 0.25) is 0 Å². The number of terminal acetylenes is 1. The van der Waals surface area contributed by atoms with E-state index in [-0.39, 0.29) is 67.9 Å². The Bertz CT molecular complexity index is 2030. The molecule has 0 radical (unpaired) electrons. The molecule has 2 saturated carbocycles. The molecule has 3 atom stereocenters. The van der Waals surface area contributed by atoms with Gasteiger partial charge in [0.15, 0.2) is 10.7 Å². The molecule has 252 valence electrons. The van der Waals surface area contributed by atoms with Crippen molar-refractivity contribution in [2.24, 2.45) is 5.41 Å². The fourth-order valence-corrected chi connectivity index (χ4v) is 9.56. The van der Waals surface area contributed by atoms with Gasteiger partial charge in [0.05, 0.1) is 23.6 Å². The number of sulfonamides is 1. The zero-order chi connectivity index (χ0) is 33.7. The molecule has 4 fully saturated rings. The van der Waals surface area contributed by atoms with Crippen LogP contribution in [0.2, 0.25) is 0 Å². The summed E-state index contributed by atoms with van der Waals surface area (Å²) >= 11 is 0. The highest BCUT2D eigenvalue weighted by atomic mass is 32.2. The Hall–Kier alpha value is -4.06. The van der Waals surface area contributed by atoms with E-state index >= 15 is 4.39 Å². The maximum atomic E-state index is 15.1. The maximum Gasteiger partial charge on any atom is 0.319 e. The summed E-state index contributed by atoms with van der Waals surface area (Å²) in [6.45, 7) is 2.06. The molecule has 0 amide bonds. The molecule has 4 heterocycles. The van der Waals surface area contributed by atoms with Crippen molar-refractivity contribution in [1.29, 1.82) is 0 Å². The number of anilines is 1. The van der Waals surface area contributed by atoms with Crippen LogP contribution >= 0.6 is 0 Å². The molecule has 8 rings (SSSR count). The first-order chi connectivity index (χ1) is 22.8. The van der Waals surface area contributed by atoms with Crippen LogP contribution in [-0.2, 0) is 10.0 Å². The van der Waals surface area contributed by atoms with E-state index in [4.69, 9.17) is 11.2 Å². The lowest BCUT2D eigenvalue weighted by Gasteiger charge is -2.37. The molecule has 2 aromatic carbocycles. The van der Waals surface area contributed by atoms with Gasteiger partial charge in [-0.25, -0.2) is 21.6 Å². The quantitative estimate of drug-likeness (QED) is 0.341. The monoisotopic (exact) mass is 680 g/mol. The number of rotatable bonds is 8. The van der Waals surface area contributed by atoms with E-state index in [1.807, 2.05) is 19.0 Å². The number of alkyl halides is 2. The molecular weight excluding hydrogens is 645 g/mol. The Balaban J connectivity index is 1.35. The summed E-state index contributed by atoms with van der Waals surface area (Å²) in [5.41, 5.74) is -0.513. The van der Waals surface area contributed by atoms with Crippen LogP contribution < -0.4 is 15.0 Å². The minimum Gasteiger partial charge on any atom is -0.508 e. The number of phenolic OH excluding ortho intramolecular Hbond substituents is 1. The number of aromatic hydroxyl groups is 1. The van der Waals surface area contributed by atoms with E-state index in [2.05, 4.69) is 26.1 Å². The zero-order valence-corrected chi connectivity index (χ0v) is 27.3. The molecule has 14 heteroatoms. The average Bonchev–Trinajstić information content (AvgIpc) is 3.89. The second kappa shape index (κ2) is 10.7. The number of hydrogen-bond acceptors (Lipinski definition) is 9. The fraction of sp³-hybridized carbons (Fsp3) is 0.471. The van der Waals surface area contributed by atoms with E-state index in [1.54, 1.807) is 0 Å². The fourth-order valence-electron chi connectivity index (χ4n) is 7.62. The normalized spacial score (nSPS) is 25.9. The molecule has 2 N–H and O–H groups in total.